The molecule has 0 fully saturated rings. The summed E-state index contributed by atoms with van der Waals surface area (Å²) in [6.45, 7) is 4.59. The lowest BCUT2D eigenvalue weighted by Gasteiger charge is -2.14. The van der Waals surface area contributed by atoms with E-state index in [0.717, 1.165) is 21.3 Å². The van der Waals surface area contributed by atoms with Crippen molar-refractivity contribution in [1.82, 2.24) is 0 Å². The highest BCUT2D eigenvalue weighted by molar-refractivity contribution is 9.10. The van der Waals surface area contributed by atoms with Gasteiger partial charge in [-0.3, -0.25) is 0 Å². The molecule has 0 amide bonds. The summed E-state index contributed by atoms with van der Waals surface area (Å²) in [5, 5.41) is 0. The summed E-state index contributed by atoms with van der Waals surface area (Å²) in [6, 6.07) is 14.2. The van der Waals surface area contributed by atoms with E-state index in [0.29, 0.717) is 6.61 Å². The lowest BCUT2D eigenvalue weighted by atomic mass is 10.1. The molecule has 19 heavy (non-hydrogen) atoms. The van der Waals surface area contributed by atoms with E-state index >= 15 is 0 Å². The largest absolute Gasteiger partial charge is 0.489 e. The molecule has 100 valence electrons. The highest BCUT2D eigenvalue weighted by atomic mass is 79.9. The predicted octanol–water partition coefficient (Wildman–Crippen LogP) is 4.36. The van der Waals surface area contributed by atoms with Gasteiger partial charge in [0.15, 0.2) is 0 Å². The van der Waals surface area contributed by atoms with E-state index in [1.807, 2.05) is 31.2 Å². The molecular formula is C16H18BrNO. The van der Waals surface area contributed by atoms with Crippen LogP contribution >= 0.6 is 15.9 Å². The minimum absolute atomic E-state index is 0.0411. The van der Waals surface area contributed by atoms with Gasteiger partial charge in [0.2, 0.25) is 0 Å². The maximum Gasteiger partial charge on any atom is 0.125 e. The Morgan fingerprint density at radius 3 is 2.68 bits per heavy atom. The van der Waals surface area contributed by atoms with Crippen LogP contribution in [0.2, 0.25) is 0 Å². The summed E-state index contributed by atoms with van der Waals surface area (Å²) < 4.78 is 6.91. The first-order valence-corrected chi connectivity index (χ1v) is 7.09. The number of hydrogen-bond donors (Lipinski definition) is 1. The van der Waals surface area contributed by atoms with Crippen LogP contribution in [0.5, 0.6) is 5.75 Å². The molecule has 1 unspecified atom stereocenters. The van der Waals surface area contributed by atoms with E-state index in [4.69, 9.17) is 10.5 Å². The lowest BCUT2D eigenvalue weighted by Crippen LogP contribution is -2.08. The fourth-order valence-corrected chi connectivity index (χ4v) is 2.31. The Hall–Kier alpha value is -1.32. The number of nitrogens with two attached hydrogens (primary N) is 1. The molecule has 2 aromatic carbocycles. The molecule has 0 aromatic heterocycles. The molecule has 3 heteroatoms. The van der Waals surface area contributed by atoms with Gasteiger partial charge >= 0.3 is 0 Å². The van der Waals surface area contributed by atoms with Crippen molar-refractivity contribution in [3.63, 3.8) is 0 Å². The van der Waals surface area contributed by atoms with Crippen molar-refractivity contribution >= 4 is 15.9 Å². The molecule has 0 saturated heterocycles. The average molecular weight is 320 g/mol. The van der Waals surface area contributed by atoms with Gasteiger partial charge < -0.3 is 10.5 Å². The Labute approximate surface area is 122 Å². The summed E-state index contributed by atoms with van der Waals surface area (Å²) >= 11 is 3.46. The van der Waals surface area contributed by atoms with Gasteiger partial charge in [-0.25, -0.2) is 0 Å². The average Bonchev–Trinajstić information content (AvgIpc) is 2.36. The SMILES string of the molecule is Cc1cccc(COc2cc(Br)ccc2C(C)N)c1. The maximum absolute atomic E-state index is 5.96. The molecule has 0 radical (unpaired) electrons. The Bertz CT molecular complexity index is 566. The lowest BCUT2D eigenvalue weighted by molar-refractivity contribution is 0.301. The van der Waals surface area contributed by atoms with Gasteiger partial charge in [0.05, 0.1) is 0 Å². The normalized spacial score (nSPS) is 12.2. The summed E-state index contributed by atoms with van der Waals surface area (Å²) in [4.78, 5) is 0. The Kier molecular flexibility index (Phi) is 4.61. The van der Waals surface area contributed by atoms with Crippen molar-refractivity contribution in [1.29, 1.82) is 0 Å². The zero-order chi connectivity index (χ0) is 13.8. The number of aryl methyl sites for hydroxylation is 1. The second kappa shape index (κ2) is 6.22. The van der Waals surface area contributed by atoms with E-state index in [2.05, 4.69) is 41.1 Å². The second-order valence-corrected chi connectivity index (χ2v) is 5.66. The zero-order valence-electron chi connectivity index (χ0n) is 11.2. The molecule has 0 heterocycles. The van der Waals surface area contributed by atoms with Crippen LogP contribution in [0.3, 0.4) is 0 Å². The van der Waals surface area contributed by atoms with E-state index in [1.54, 1.807) is 0 Å². The fourth-order valence-electron chi connectivity index (χ4n) is 1.97. The summed E-state index contributed by atoms with van der Waals surface area (Å²) in [5.74, 6) is 0.839. The Morgan fingerprint density at radius 2 is 2.00 bits per heavy atom. The monoisotopic (exact) mass is 319 g/mol. The van der Waals surface area contributed by atoms with Gasteiger partial charge in [-0.05, 0) is 31.5 Å². The second-order valence-electron chi connectivity index (χ2n) is 4.75. The molecule has 0 bridgehead atoms. The fraction of sp³-hybridized carbons (Fsp3) is 0.250. The summed E-state index contributed by atoms with van der Waals surface area (Å²) in [6.07, 6.45) is 0. The molecule has 2 N–H and O–H groups in total. The molecular weight excluding hydrogens is 302 g/mol. The van der Waals surface area contributed by atoms with Crippen molar-refractivity contribution in [3.05, 3.63) is 63.6 Å². The first kappa shape index (κ1) is 14.1. The molecule has 0 aliphatic carbocycles. The van der Waals surface area contributed by atoms with Crippen molar-refractivity contribution in [3.8, 4) is 5.75 Å². The van der Waals surface area contributed by atoms with Gasteiger partial charge in [-0.15, -0.1) is 0 Å². The van der Waals surface area contributed by atoms with Gasteiger partial charge in [0.1, 0.15) is 12.4 Å². The minimum atomic E-state index is -0.0411. The van der Waals surface area contributed by atoms with Gasteiger partial charge in [-0.2, -0.15) is 0 Å². The Balaban J connectivity index is 2.17. The van der Waals surface area contributed by atoms with Crippen LogP contribution < -0.4 is 10.5 Å². The third-order valence-corrected chi connectivity index (χ3v) is 3.44. The van der Waals surface area contributed by atoms with Crippen LogP contribution in [-0.2, 0) is 6.61 Å². The molecule has 2 aromatic rings. The number of benzene rings is 2. The quantitative estimate of drug-likeness (QED) is 0.908. The molecule has 0 aliphatic rings. The molecule has 0 aliphatic heterocycles. The van der Waals surface area contributed by atoms with Gasteiger partial charge in [0, 0.05) is 16.1 Å². The van der Waals surface area contributed by atoms with Crippen LogP contribution in [0.1, 0.15) is 29.7 Å². The van der Waals surface area contributed by atoms with Gasteiger partial charge in [0.25, 0.3) is 0 Å². The van der Waals surface area contributed by atoms with Crippen LogP contribution in [0.25, 0.3) is 0 Å². The first-order valence-electron chi connectivity index (χ1n) is 6.29. The van der Waals surface area contributed by atoms with Gasteiger partial charge in [-0.1, -0.05) is 51.8 Å². The van der Waals surface area contributed by atoms with Crippen LogP contribution in [0, 0.1) is 6.92 Å². The van der Waals surface area contributed by atoms with Crippen LogP contribution in [0.15, 0.2) is 46.9 Å². The summed E-state index contributed by atoms with van der Waals surface area (Å²) in [5.41, 5.74) is 9.39. The predicted molar refractivity (Wildman–Crippen MR) is 82.3 cm³/mol. The molecule has 2 rings (SSSR count). The molecule has 2 nitrogen and oxygen atoms in total. The van der Waals surface area contributed by atoms with E-state index in [-0.39, 0.29) is 6.04 Å². The van der Waals surface area contributed by atoms with E-state index in [1.165, 1.54) is 5.56 Å². The van der Waals surface area contributed by atoms with Crippen LogP contribution in [-0.4, -0.2) is 0 Å². The minimum Gasteiger partial charge on any atom is -0.489 e. The summed E-state index contributed by atoms with van der Waals surface area (Å²) in [7, 11) is 0. The van der Waals surface area contributed by atoms with E-state index < -0.39 is 0 Å². The van der Waals surface area contributed by atoms with Crippen molar-refractivity contribution in [2.75, 3.05) is 0 Å². The Morgan fingerprint density at radius 1 is 1.21 bits per heavy atom. The third kappa shape index (κ3) is 3.82. The number of hydrogen-bond acceptors (Lipinski definition) is 2. The molecule has 0 saturated carbocycles. The number of rotatable bonds is 4. The third-order valence-electron chi connectivity index (χ3n) is 2.94. The van der Waals surface area contributed by atoms with Crippen molar-refractivity contribution in [2.45, 2.75) is 26.5 Å². The highest BCUT2D eigenvalue weighted by Gasteiger charge is 2.09. The standard InChI is InChI=1S/C16H18BrNO/c1-11-4-3-5-13(8-11)10-19-16-9-14(17)6-7-15(16)12(2)18/h3-9,12H,10,18H2,1-2H3. The van der Waals surface area contributed by atoms with E-state index in [9.17, 15) is 0 Å². The topological polar surface area (TPSA) is 35.2 Å². The number of halogens is 1. The zero-order valence-corrected chi connectivity index (χ0v) is 12.8. The number of ether oxygens (including phenoxy) is 1. The highest BCUT2D eigenvalue weighted by Crippen LogP contribution is 2.28. The first-order chi connectivity index (χ1) is 9.06. The smallest absolute Gasteiger partial charge is 0.125 e. The molecule has 1 atom stereocenters. The molecule has 0 spiro atoms. The maximum atomic E-state index is 5.96. The van der Waals surface area contributed by atoms with Crippen molar-refractivity contribution < 1.29 is 4.74 Å². The van der Waals surface area contributed by atoms with Crippen LogP contribution in [0.4, 0.5) is 0 Å². The van der Waals surface area contributed by atoms with Crippen molar-refractivity contribution in [2.24, 2.45) is 5.73 Å².